The normalized spacial score (nSPS) is 12.9. The van der Waals surface area contributed by atoms with Gasteiger partial charge >= 0.3 is 0 Å². The molecule has 11 aromatic rings. The SMILES string of the molecule is CC1(C)c2cc(-n3c4ccc(-c5ccccc5)cc4c4cc(-c5nc(-c6ccccc6)nc(-c6ccccc6)n5)ccc43)ccc2-c2cc3nc(-c4ccccc4)sc3cc21. The molecule has 0 unspecified atom stereocenters. The summed E-state index contributed by atoms with van der Waals surface area (Å²) in [6, 6.07) is 66.6. The van der Waals surface area contributed by atoms with Crippen molar-refractivity contribution in [2.45, 2.75) is 19.3 Å². The van der Waals surface area contributed by atoms with Crippen LogP contribution < -0.4 is 0 Å². The summed E-state index contributed by atoms with van der Waals surface area (Å²) in [6.45, 7) is 4.72. The Morgan fingerprint density at radius 2 is 0.918 bits per heavy atom. The second kappa shape index (κ2) is 13.8. The Bertz CT molecular complexity index is 3420. The lowest BCUT2D eigenvalue weighted by Gasteiger charge is -2.22. The Hall–Kier alpha value is -7.54. The highest BCUT2D eigenvalue weighted by Gasteiger charge is 2.36. The second-order valence-electron chi connectivity index (χ2n) is 16.3. The van der Waals surface area contributed by atoms with Crippen molar-refractivity contribution in [1.82, 2.24) is 24.5 Å². The van der Waals surface area contributed by atoms with Gasteiger partial charge in [-0.1, -0.05) is 147 Å². The number of aromatic nitrogens is 5. The highest BCUT2D eigenvalue weighted by atomic mass is 32.1. The molecular weight excluding hydrogens is 763 g/mol. The van der Waals surface area contributed by atoms with E-state index in [1.165, 1.54) is 43.5 Å². The third-order valence-electron chi connectivity index (χ3n) is 12.3. The number of thiazole rings is 1. The molecule has 0 fully saturated rings. The zero-order chi connectivity index (χ0) is 40.7. The Kier molecular flexibility index (Phi) is 7.99. The summed E-state index contributed by atoms with van der Waals surface area (Å²) >= 11 is 1.77. The molecule has 61 heavy (non-hydrogen) atoms. The summed E-state index contributed by atoms with van der Waals surface area (Å²) in [6.07, 6.45) is 0. The van der Waals surface area contributed by atoms with Crippen LogP contribution in [0.2, 0.25) is 0 Å². The van der Waals surface area contributed by atoms with Gasteiger partial charge in [-0.25, -0.2) is 19.9 Å². The summed E-state index contributed by atoms with van der Waals surface area (Å²) < 4.78 is 3.64. The first kappa shape index (κ1) is 35.4. The second-order valence-corrected chi connectivity index (χ2v) is 17.3. The van der Waals surface area contributed by atoms with Crippen LogP contribution in [-0.4, -0.2) is 24.5 Å². The van der Waals surface area contributed by atoms with E-state index >= 15 is 0 Å². The Morgan fingerprint density at radius 3 is 1.52 bits per heavy atom. The number of hydrogen-bond acceptors (Lipinski definition) is 5. The molecule has 1 aliphatic carbocycles. The van der Waals surface area contributed by atoms with Gasteiger partial charge in [-0.2, -0.15) is 0 Å². The molecule has 0 radical (unpaired) electrons. The van der Waals surface area contributed by atoms with E-state index in [1.807, 2.05) is 60.7 Å². The molecule has 0 atom stereocenters. The molecule has 288 valence electrons. The first-order chi connectivity index (χ1) is 30.0. The van der Waals surface area contributed by atoms with E-state index in [1.54, 1.807) is 11.3 Å². The summed E-state index contributed by atoms with van der Waals surface area (Å²) in [7, 11) is 0. The van der Waals surface area contributed by atoms with Crippen molar-refractivity contribution in [3.8, 4) is 72.7 Å². The van der Waals surface area contributed by atoms with E-state index in [0.717, 1.165) is 54.9 Å². The van der Waals surface area contributed by atoms with Crippen LogP contribution in [0.15, 0.2) is 188 Å². The molecule has 0 spiro atoms. The molecule has 0 saturated carbocycles. The van der Waals surface area contributed by atoms with Crippen molar-refractivity contribution < 1.29 is 0 Å². The minimum Gasteiger partial charge on any atom is -0.309 e. The van der Waals surface area contributed by atoms with Gasteiger partial charge in [0, 0.05) is 44.1 Å². The Balaban J connectivity index is 1.03. The van der Waals surface area contributed by atoms with Gasteiger partial charge < -0.3 is 4.57 Å². The predicted molar refractivity (Wildman–Crippen MR) is 252 cm³/mol. The summed E-state index contributed by atoms with van der Waals surface area (Å²) in [5.74, 6) is 1.93. The summed E-state index contributed by atoms with van der Waals surface area (Å²) in [4.78, 5) is 20.3. The lowest BCUT2D eigenvalue weighted by molar-refractivity contribution is 0.661. The quantitative estimate of drug-likeness (QED) is 0.168. The van der Waals surface area contributed by atoms with Gasteiger partial charge in [-0.05, 0) is 88.0 Å². The fourth-order valence-electron chi connectivity index (χ4n) is 9.17. The van der Waals surface area contributed by atoms with Crippen LogP contribution in [0.5, 0.6) is 0 Å². The van der Waals surface area contributed by atoms with Crippen LogP contribution in [0.4, 0.5) is 0 Å². The highest BCUT2D eigenvalue weighted by Crippen LogP contribution is 2.51. The Morgan fingerprint density at radius 1 is 0.410 bits per heavy atom. The zero-order valence-corrected chi connectivity index (χ0v) is 34.4. The van der Waals surface area contributed by atoms with E-state index in [-0.39, 0.29) is 5.41 Å². The molecule has 0 saturated heterocycles. The van der Waals surface area contributed by atoms with Crippen molar-refractivity contribution in [1.29, 1.82) is 0 Å². The van der Waals surface area contributed by atoms with E-state index in [9.17, 15) is 0 Å². The van der Waals surface area contributed by atoms with Crippen LogP contribution in [0, 0.1) is 0 Å². The largest absolute Gasteiger partial charge is 0.309 e. The highest BCUT2D eigenvalue weighted by molar-refractivity contribution is 7.21. The van der Waals surface area contributed by atoms with E-state index in [2.05, 4.69) is 146 Å². The van der Waals surface area contributed by atoms with Gasteiger partial charge in [-0.3, -0.25) is 0 Å². The lowest BCUT2D eigenvalue weighted by atomic mass is 9.82. The molecule has 12 rings (SSSR count). The van der Waals surface area contributed by atoms with Crippen molar-refractivity contribution in [3.05, 3.63) is 199 Å². The fourth-order valence-corrected chi connectivity index (χ4v) is 10.2. The van der Waals surface area contributed by atoms with Crippen molar-refractivity contribution in [2.75, 3.05) is 0 Å². The van der Waals surface area contributed by atoms with Crippen molar-refractivity contribution >= 4 is 43.4 Å². The van der Waals surface area contributed by atoms with Crippen molar-refractivity contribution in [3.63, 3.8) is 0 Å². The molecule has 8 aromatic carbocycles. The van der Waals surface area contributed by atoms with Gasteiger partial charge in [0.1, 0.15) is 5.01 Å². The molecule has 1 aliphatic rings. The monoisotopic (exact) mass is 799 g/mol. The maximum Gasteiger partial charge on any atom is 0.164 e. The number of rotatable bonds is 6. The average molecular weight is 800 g/mol. The average Bonchev–Trinajstić information content (AvgIpc) is 3.96. The van der Waals surface area contributed by atoms with Crippen molar-refractivity contribution in [2.24, 2.45) is 0 Å². The molecule has 3 aromatic heterocycles. The van der Waals surface area contributed by atoms with Crippen LogP contribution >= 0.6 is 11.3 Å². The van der Waals surface area contributed by atoms with Crippen LogP contribution in [0.3, 0.4) is 0 Å². The molecule has 5 nitrogen and oxygen atoms in total. The van der Waals surface area contributed by atoms with Gasteiger partial charge in [0.2, 0.25) is 0 Å². The minimum absolute atomic E-state index is 0.205. The topological polar surface area (TPSA) is 56.5 Å². The van der Waals surface area contributed by atoms with E-state index in [4.69, 9.17) is 19.9 Å². The predicted octanol–water partition coefficient (Wildman–Crippen LogP) is 14.2. The van der Waals surface area contributed by atoms with Gasteiger partial charge in [-0.15, -0.1) is 11.3 Å². The third-order valence-corrected chi connectivity index (χ3v) is 13.3. The number of fused-ring (bicyclic) bond motifs is 7. The molecule has 0 bridgehead atoms. The van der Waals surface area contributed by atoms with Crippen LogP contribution in [-0.2, 0) is 5.41 Å². The molecular formula is C55H37N5S. The van der Waals surface area contributed by atoms with E-state index in [0.29, 0.717) is 17.5 Å². The standard InChI is InChI=1S/C55H37N5S/c1-55(2)45-31-40(25-26-41(45)42-32-47-50(33-46(42)55)61-54(56-47)37-21-13-6-14-22-37)60-48-27-23-38(34-15-7-3-8-16-34)29-43(48)44-30-39(24-28-49(44)60)53-58-51(35-17-9-4-10-18-35)57-52(59-53)36-19-11-5-12-20-36/h3-33H,1-2H3. The van der Waals surface area contributed by atoms with Crippen LogP contribution in [0.1, 0.15) is 25.0 Å². The van der Waals surface area contributed by atoms with Gasteiger partial charge in [0.15, 0.2) is 17.5 Å². The van der Waals surface area contributed by atoms with Gasteiger partial charge in [0.25, 0.3) is 0 Å². The number of benzene rings is 8. The summed E-state index contributed by atoms with van der Waals surface area (Å²) in [5, 5.41) is 3.36. The van der Waals surface area contributed by atoms with Crippen LogP contribution in [0.25, 0.3) is 105 Å². The number of nitrogens with zero attached hydrogens (tertiary/aromatic N) is 5. The minimum atomic E-state index is -0.205. The molecule has 3 heterocycles. The third kappa shape index (κ3) is 5.82. The molecule has 0 N–H and O–H groups in total. The molecule has 0 aliphatic heterocycles. The Labute approximate surface area is 357 Å². The smallest absolute Gasteiger partial charge is 0.164 e. The molecule has 0 amide bonds. The van der Waals surface area contributed by atoms with Gasteiger partial charge in [0.05, 0.1) is 21.3 Å². The maximum absolute atomic E-state index is 5.11. The maximum atomic E-state index is 5.11. The fraction of sp³-hybridized carbons (Fsp3) is 0.0545. The summed E-state index contributed by atoms with van der Waals surface area (Å²) in [5.41, 5.74) is 15.8. The zero-order valence-electron chi connectivity index (χ0n) is 33.5. The van der Waals surface area contributed by atoms with E-state index < -0.39 is 0 Å². The lowest BCUT2D eigenvalue weighted by Crippen LogP contribution is -2.15. The first-order valence-electron chi connectivity index (χ1n) is 20.6. The first-order valence-corrected chi connectivity index (χ1v) is 21.4. The molecule has 6 heteroatoms. The number of hydrogen-bond donors (Lipinski definition) is 0.